The Morgan fingerprint density at radius 1 is 1.33 bits per heavy atom. The summed E-state index contributed by atoms with van der Waals surface area (Å²) in [5.74, 6) is -0.895. The smallest absolute Gasteiger partial charge is 0.322 e. The largest absolute Gasteiger partial charge is 0.469 e. The van der Waals surface area contributed by atoms with E-state index in [9.17, 15) is 9.59 Å². The van der Waals surface area contributed by atoms with Crippen LogP contribution in [-0.4, -0.2) is 32.2 Å². The van der Waals surface area contributed by atoms with Crippen molar-refractivity contribution >= 4 is 11.9 Å². The molecule has 0 heterocycles. The Labute approximate surface area is 70.8 Å². The van der Waals surface area contributed by atoms with Gasteiger partial charge in [-0.15, -0.1) is 0 Å². The molecule has 0 saturated carbocycles. The van der Waals surface area contributed by atoms with Crippen molar-refractivity contribution in [3.05, 3.63) is 0 Å². The Kier molecular flexibility index (Phi) is 5.03. The van der Waals surface area contributed by atoms with Crippen molar-refractivity contribution in [2.24, 2.45) is 5.73 Å². The summed E-state index contributed by atoms with van der Waals surface area (Å²) in [6.07, 6.45) is 0.381. The molecule has 0 aliphatic heterocycles. The first-order chi connectivity index (χ1) is 5.61. The summed E-state index contributed by atoms with van der Waals surface area (Å²) in [6, 6.07) is -0.742. The third-order valence-corrected chi connectivity index (χ3v) is 1.39. The standard InChI is InChI=1S/C7H13NO4/c1-11-6(9)4-3-5(8)7(10)12-2/h5H,3-4,8H2,1-2H3/t5-/m0/s1/i3+1,4+1,5+1,6+1,7+1. The molecule has 0 saturated heterocycles. The van der Waals surface area contributed by atoms with E-state index in [0.717, 1.165) is 0 Å². The van der Waals surface area contributed by atoms with Gasteiger partial charge in [0, 0.05) is 6.42 Å². The normalized spacial score (nSPS) is 11.9. The number of esters is 2. The molecule has 0 aromatic carbocycles. The monoisotopic (exact) mass is 180 g/mol. The van der Waals surface area contributed by atoms with Crippen molar-refractivity contribution in [2.75, 3.05) is 14.2 Å². The molecule has 0 aromatic heterocycles. The van der Waals surface area contributed by atoms with Gasteiger partial charge in [-0.25, -0.2) is 0 Å². The Morgan fingerprint density at radius 3 is 2.33 bits per heavy atom. The minimum Gasteiger partial charge on any atom is -0.469 e. The van der Waals surface area contributed by atoms with Crippen molar-refractivity contribution in [3.63, 3.8) is 0 Å². The molecule has 0 fully saturated rings. The van der Waals surface area contributed by atoms with Crippen LogP contribution >= 0.6 is 0 Å². The molecule has 0 amide bonds. The lowest BCUT2D eigenvalue weighted by Gasteiger charge is -2.07. The maximum absolute atomic E-state index is 10.7. The maximum Gasteiger partial charge on any atom is 0.322 e. The van der Waals surface area contributed by atoms with Crippen LogP contribution < -0.4 is 5.73 Å². The summed E-state index contributed by atoms with van der Waals surface area (Å²) in [5, 5.41) is 0. The molecule has 0 radical (unpaired) electrons. The van der Waals surface area contributed by atoms with Crippen LogP contribution in [0, 0.1) is 0 Å². The van der Waals surface area contributed by atoms with Crippen molar-refractivity contribution in [3.8, 4) is 0 Å². The van der Waals surface area contributed by atoms with Gasteiger partial charge < -0.3 is 15.2 Å². The third-order valence-electron chi connectivity index (χ3n) is 1.39. The SMILES string of the molecule is CO[13C](=O)[13CH2][13CH2][13C@H](N)[13C](=O)OC. The first-order valence-corrected chi connectivity index (χ1v) is 3.52. The number of hydrogen-bond donors (Lipinski definition) is 1. The fourth-order valence-electron chi connectivity index (χ4n) is 0.645. The highest BCUT2D eigenvalue weighted by atomic mass is 16.6. The molecule has 0 aliphatic rings. The zero-order valence-electron chi connectivity index (χ0n) is 7.20. The summed E-state index contributed by atoms with van der Waals surface area (Å²) in [6.45, 7) is 0. The molecule has 0 aromatic rings. The second-order valence-corrected chi connectivity index (χ2v) is 2.24. The quantitative estimate of drug-likeness (QED) is 0.463. The second-order valence-electron chi connectivity index (χ2n) is 2.24. The average molecular weight is 180 g/mol. The highest BCUT2D eigenvalue weighted by molar-refractivity contribution is 5.76. The molecular formula is C7H13NO4. The Bertz CT molecular complexity index is 169. The molecule has 2 N–H and O–H groups in total. The van der Waals surface area contributed by atoms with E-state index in [-0.39, 0.29) is 18.8 Å². The molecule has 0 aliphatic carbocycles. The first kappa shape index (κ1) is 10.9. The Hall–Kier alpha value is -1.10. The predicted molar refractivity (Wildman–Crippen MR) is 41.2 cm³/mol. The molecule has 0 rings (SSSR count). The third kappa shape index (κ3) is 3.92. The lowest BCUT2D eigenvalue weighted by Crippen LogP contribution is -2.32. The van der Waals surface area contributed by atoms with Crippen LogP contribution in [0.4, 0.5) is 0 Å². The van der Waals surface area contributed by atoms with Gasteiger partial charge in [0.1, 0.15) is 6.04 Å². The van der Waals surface area contributed by atoms with Gasteiger partial charge in [0.05, 0.1) is 14.2 Å². The summed E-state index contributed by atoms with van der Waals surface area (Å²) >= 11 is 0. The van der Waals surface area contributed by atoms with Gasteiger partial charge in [-0.1, -0.05) is 0 Å². The maximum atomic E-state index is 10.7. The van der Waals surface area contributed by atoms with E-state index in [4.69, 9.17) is 5.73 Å². The molecular weight excluding hydrogens is 167 g/mol. The molecule has 5 nitrogen and oxygen atoms in total. The number of nitrogens with two attached hydrogens (primary N) is 1. The number of carbonyl (C=O) groups excluding carboxylic acids is 2. The van der Waals surface area contributed by atoms with Crippen molar-refractivity contribution in [2.45, 2.75) is 18.9 Å². The van der Waals surface area contributed by atoms with Crippen molar-refractivity contribution in [1.82, 2.24) is 0 Å². The van der Waals surface area contributed by atoms with E-state index in [1.807, 2.05) is 0 Å². The summed E-state index contributed by atoms with van der Waals surface area (Å²) in [7, 11) is 2.53. The lowest BCUT2D eigenvalue weighted by atomic mass is 11.1. The number of ether oxygens (including phenoxy) is 2. The molecule has 0 spiro atoms. The predicted octanol–water partition coefficient (Wildman–Crippen LogP) is -0.560. The zero-order valence-corrected chi connectivity index (χ0v) is 7.20. The fourth-order valence-corrected chi connectivity index (χ4v) is 0.645. The highest BCUT2D eigenvalue weighted by Gasteiger charge is 2.14. The summed E-state index contributed by atoms with van der Waals surface area (Å²) in [5.41, 5.74) is 5.35. The van der Waals surface area contributed by atoms with E-state index < -0.39 is 12.0 Å². The van der Waals surface area contributed by atoms with E-state index in [0.29, 0.717) is 0 Å². The Morgan fingerprint density at radius 2 is 1.92 bits per heavy atom. The van der Waals surface area contributed by atoms with Crippen LogP contribution in [0.5, 0.6) is 0 Å². The number of hydrogen-bond acceptors (Lipinski definition) is 5. The number of rotatable bonds is 4. The van der Waals surface area contributed by atoms with E-state index >= 15 is 0 Å². The van der Waals surface area contributed by atoms with Crippen molar-refractivity contribution < 1.29 is 19.1 Å². The fraction of sp³-hybridized carbons (Fsp3) is 0.714. The number of methoxy groups -OCH3 is 2. The molecule has 70 valence electrons. The van der Waals surface area contributed by atoms with Gasteiger partial charge in [-0.3, -0.25) is 9.59 Å². The van der Waals surface area contributed by atoms with Crippen LogP contribution in [-0.2, 0) is 19.1 Å². The van der Waals surface area contributed by atoms with Gasteiger partial charge in [-0.2, -0.15) is 0 Å². The lowest BCUT2D eigenvalue weighted by molar-refractivity contribution is -0.143. The first-order valence-electron chi connectivity index (χ1n) is 3.52. The molecule has 0 bridgehead atoms. The molecule has 1 atom stereocenters. The minimum absolute atomic E-state index is 0.132. The van der Waals surface area contributed by atoms with Crippen LogP contribution in [0.25, 0.3) is 0 Å². The molecule has 12 heavy (non-hydrogen) atoms. The zero-order chi connectivity index (χ0) is 9.56. The highest BCUT2D eigenvalue weighted by Crippen LogP contribution is 1.97. The topological polar surface area (TPSA) is 78.6 Å². The molecule has 5 heteroatoms. The van der Waals surface area contributed by atoms with Gasteiger partial charge in [0.15, 0.2) is 0 Å². The van der Waals surface area contributed by atoms with Gasteiger partial charge >= 0.3 is 11.9 Å². The molecule has 0 unspecified atom stereocenters. The number of carbonyl (C=O) groups is 2. The van der Waals surface area contributed by atoms with Crippen LogP contribution in [0.15, 0.2) is 0 Å². The van der Waals surface area contributed by atoms with Gasteiger partial charge in [0.25, 0.3) is 0 Å². The van der Waals surface area contributed by atoms with E-state index in [1.165, 1.54) is 14.2 Å². The Balaban J connectivity index is 3.63. The second kappa shape index (κ2) is 5.54. The summed E-state index contributed by atoms with van der Waals surface area (Å²) in [4.78, 5) is 21.3. The van der Waals surface area contributed by atoms with Gasteiger partial charge in [0.2, 0.25) is 0 Å². The summed E-state index contributed by atoms with van der Waals surface area (Å²) < 4.78 is 8.73. The van der Waals surface area contributed by atoms with Crippen molar-refractivity contribution in [1.29, 1.82) is 0 Å². The van der Waals surface area contributed by atoms with Crippen LogP contribution in [0.2, 0.25) is 0 Å². The van der Waals surface area contributed by atoms with E-state index in [1.54, 1.807) is 0 Å². The van der Waals surface area contributed by atoms with Gasteiger partial charge in [-0.05, 0) is 6.42 Å². The minimum atomic E-state index is -0.742. The van der Waals surface area contributed by atoms with E-state index in [2.05, 4.69) is 9.47 Å². The van der Waals surface area contributed by atoms with Crippen LogP contribution in [0.3, 0.4) is 0 Å². The average Bonchev–Trinajstić information content (AvgIpc) is 2.11. The van der Waals surface area contributed by atoms with Crippen LogP contribution in [0.1, 0.15) is 12.8 Å².